The van der Waals surface area contributed by atoms with Crippen molar-refractivity contribution in [1.82, 2.24) is 4.90 Å². The number of aliphatic hydroxyl groups is 1. The fourth-order valence-corrected chi connectivity index (χ4v) is 2.22. The number of fused-ring (bicyclic) bond motifs is 1. The predicted octanol–water partition coefficient (Wildman–Crippen LogP) is 1.88. The van der Waals surface area contributed by atoms with E-state index in [4.69, 9.17) is 13.9 Å². The Bertz CT molecular complexity index is 552. The number of furan rings is 1. The molecule has 0 aliphatic heterocycles. The van der Waals surface area contributed by atoms with E-state index < -0.39 is 6.10 Å². The van der Waals surface area contributed by atoms with Crippen LogP contribution in [0.25, 0.3) is 11.0 Å². The zero-order valence-corrected chi connectivity index (χ0v) is 12.1. The van der Waals surface area contributed by atoms with Crippen molar-refractivity contribution in [2.75, 3.05) is 34.4 Å². The molecule has 0 fully saturated rings. The lowest BCUT2D eigenvalue weighted by molar-refractivity contribution is 0.0408. The number of hydrogen-bond acceptors (Lipinski definition) is 5. The van der Waals surface area contributed by atoms with Crippen molar-refractivity contribution in [2.45, 2.75) is 12.6 Å². The monoisotopic (exact) mass is 279 g/mol. The Morgan fingerprint density at radius 2 is 2.10 bits per heavy atom. The first-order valence-electron chi connectivity index (χ1n) is 6.54. The van der Waals surface area contributed by atoms with Gasteiger partial charge in [-0.2, -0.15) is 0 Å². The Labute approximate surface area is 118 Å². The molecule has 110 valence electrons. The molecule has 0 saturated heterocycles. The summed E-state index contributed by atoms with van der Waals surface area (Å²) in [6.07, 6.45) is -0.491. The van der Waals surface area contributed by atoms with Crippen LogP contribution in [-0.2, 0) is 11.3 Å². The minimum atomic E-state index is -0.491. The SMILES string of the molecule is COCC(O)CN(C)Cc1cc2cc(OC)ccc2o1. The summed E-state index contributed by atoms with van der Waals surface area (Å²) in [6.45, 7) is 1.51. The van der Waals surface area contributed by atoms with Crippen LogP contribution in [0.3, 0.4) is 0 Å². The summed E-state index contributed by atoms with van der Waals surface area (Å²) in [5.74, 6) is 1.68. The Balaban J connectivity index is 2.02. The van der Waals surface area contributed by atoms with Gasteiger partial charge in [0.05, 0.1) is 26.4 Å². The molecule has 1 heterocycles. The van der Waals surface area contributed by atoms with Crippen LogP contribution in [0.1, 0.15) is 5.76 Å². The summed E-state index contributed by atoms with van der Waals surface area (Å²) < 4.78 is 15.9. The summed E-state index contributed by atoms with van der Waals surface area (Å²) in [7, 11) is 5.16. The Morgan fingerprint density at radius 3 is 2.80 bits per heavy atom. The topological polar surface area (TPSA) is 55.1 Å². The van der Waals surface area contributed by atoms with E-state index in [2.05, 4.69) is 0 Å². The van der Waals surface area contributed by atoms with Crippen molar-refractivity contribution in [3.05, 3.63) is 30.0 Å². The largest absolute Gasteiger partial charge is 0.497 e. The fourth-order valence-electron chi connectivity index (χ4n) is 2.22. The number of nitrogens with zero attached hydrogens (tertiary/aromatic N) is 1. The molecule has 1 atom stereocenters. The Morgan fingerprint density at radius 1 is 1.30 bits per heavy atom. The van der Waals surface area contributed by atoms with Crippen LogP contribution in [0.2, 0.25) is 0 Å². The van der Waals surface area contributed by atoms with Crippen molar-refractivity contribution in [1.29, 1.82) is 0 Å². The molecule has 1 unspecified atom stereocenters. The van der Waals surface area contributed by atoms with Crippen LogP contribution >= 0.6 is 0 Å². The van der Waals surface area contributed by atoms with Gasteiger partial charge in [0.25, 0.3) is 0 Å². The van der Waals surface area contributed by atoms with E-state index in [1.165, 1.54) is 0 Å². The van der Waals surface area contributed by atoms with Crippen LogP contribution in [0.15, 0.2) is 28.7 Å². The second-order valence-electron chi connectivity index (χ2n) is 4.92. The molecule has 0 radical (unpaired) electrons. The maximum absolute atomic E-state index is 9.69. The molecule has 0 spiro atoms. The molecule has 0 aliphatic rings. The number of ether oxygens (including phenoxy) is 2. The van der Waals surface area contributed by atoms with Gasteiger partial charge in [0.1, 0.15) is 17.1 Å². The molecule has 0 bridgehead atoms. The third-order valence-electron chi connectivity index (χ3n) is 3.08. The average molecular weight is 279 g/mol. The van der Waals surface area contributed by atoms with Gasteiger partial charge in [-0.1, -0.05) is 0 Å². The number of hydrogen-bond donors (Lipinski definition) is 1. The zero-order valence-electron chi connectivity index (χ0n) is 12.1. The van der Waals surface area contributed by atoms with Crippen molar-refractivity contribution in [3.63, 3.8) is 0 Å². The molecule has 0 saturated carbocycles. The van der Waals surface area contributed by atoms with Crippen molar-refractivity contribution < 1.29 is 19.0 Å². The second-order valence-corrected chi connectivity index (χ2v) is 4.92. The van der Waals surface area contributed by atoms with Gasteiger partial charge in [-0.15, -0.1) is 0 Å². The molecular weight excluding hydrogens is 258 g/mol. The molecule has 1 aromatic carbocycles. The summed E-state index contributed by atoms with van der Waals surface area (Å²) in [5.41, 5.74) is 0.839. The minimum Gasteiger partial charge on any atom is -0.497 e. The third-order valence-corrected chi connectivity index (χ3v) is 3.08. The molecule has 1 N–H and O–H groups in total. The fraction of sp³-hybridized carbons (Fsp3) is 0.467. The van der Waals surface area contributed by atoms with E-state index in [1.54, 1.807) is 14.2 Å². The van der Waals surface area contributed by atoms with Gasteiger partial charge >= 0.3 is 0 Å². The van der Waals surface area contributed by atoms with Gasteiger partial charge in [-0.05, 0) is 31.3 Å². The number of benzene rings is 1. The summed E-state index contributed by atoms with van der Waals surface area (Å²) in [4.78, 5) is 2.00. The highest BCUT2D eigenvalue weighted by molar-refractivity contribution is 5.79. The molecule has 2 aromatic rings. The van der Waals surface area contributed by atoms with Crippen molar-refractivity contribution in [3.8, 4) is 5.75 Å². The van der Waals surface area contributed by atoms with E-state index in [0.29, 0.717) is 19.7 Å². The lowest BCUT2D eigenvalue weighted by Gasteiger charge is -2.18. The summed E-state index contributed by atoms with van der Waals surface area (Å²) in [5, 5.41) is 10.7. The third kappa shape index (κ3) is 3.72. The van der Waals surface area contributed by atoms with E-state index in [0.717, 1.165) is 22.5 Å². The van der Waals surface area contributed by atoms with Gasteiger partial charge in [0.2, 0.25) is 0 Å². The molecule has 1 aromatic heterocycles. The second kappa shape index (κ2) is 6.74. The summed E-state index contributed by atoms with van der Waals surface area (Å²) >= 11 is 0. The maximum atomic E-state index is 9.69. The molecule has 2 rings (SSSR count). The normalized spacial score (nSPS) is 13.1. The predicted molar refractivity (Wildman–Crippen MR) is 77.0 cm³/mol. The first-order valence-corrected chi connectivity index (χ1v) is 6.54. The van der Waals surface area contributed by atoms with Gasteiger partial charge in [-0.3, -0.25) is 4.90 Å². The molecule has 5 heteroatoms. The van der Waals surface area contributed by atoms with E-state index in [9.17, 15) is 5.11 Å². The quantitative estimate of drug-likeness (QED) is 0.838. The highest BCUT2D eigenvalue weighted by Crippen LogP contribution is 2.24. The van der Waals surface area contributed by atoms with Crippen molar-refractivity contribution >= 4 is 11.0 Å². The molecule has 0 amide bonds. The first-order chi connectivity index (χ1) is 9.62. The van der Waals surface area contributed by atoms with Crippen LogP contribution < -0.4 is 4.74 Å². The molecule has 5 nitrogen and oxygen atoms in total. The molecular formula is C15H21NO4. The van der Waals surface area contributed by atoms with Gasteiger partial charge in [-0.25, -0.2) is 0 Å². The lowest BCUT2D eigenvalue weighted by atomic mass is 10.2. The Hall–Kier alpha value is -1.56. The first kappa shape index (κ1) is 14.8. The summed E-state index contributed by atoms with van der Waals surface area (Å²) in [6, 6.07) is 7.72. The van der Waals surface area contributed by atoms with Crippen LogP contribution in [-0.4, -0.2) is 50.5 Å². The van der Waals surface area contributed by atoms with Crippen molar-refractivity contribution in [2.24, 2.45) is 0 Å². The molecule has 20 heavy (non-hydrogen) atoms. The van der Waals surface area contributed by atoms with Crippen LogP contribution in [0.4, 0.5) is 0 Å². The number of aliphatic hydroxyl groups excluding tert-OH is 1. The van der Waals surface area contributed by atoms with Gasteiger partial charge in [0, 0.05) is 19.0 Å². The van der Waals surface area contributed by atoms with Gasteiger partial charge in [0.15, 0.2) is 0 Å². The molecule has 0 aliphatic carbocycles. The minimum absolute atomic E-state index is 0.335. The van der Waals surface area contributed by atoms with E-state index in [1.807, 2.05) is 36.2 Å². The smallest absolute Gasteiger partial charge is 0.134 e. The average Bonchev–Trinajstić information content (AvgIpc) is 2.79. The van der Waals surface area contributed by atoms with E-state index >= 15 is 0 Å². The number of methoxy groups -OCH3 is 2. The van der Waals surface area contributed by atoms with Gasteiger partial charge < -0.3 is 19.0 Å². The highest BCUT2D eigenvalue weighted by Gasteiger charge is 2.11. The maximum Gasteiger partial charge on any atom is 0.134 e. The standard InChI is InChI=1S/C15H21NO4/c1-16(8-12(17)10-18-2)9-14-7-11-6-13(19-3)4-5-15(11)20-14/h4-7,12,17H,8-10H2,1-3H3. The van der Waals surface area contributed by atoms with Crippen LogP contribution in [0.5, 0.6) is 5.75 Å². The number of likely N-dealkylation sites (N-methyl/N-ethyl adjacent to an activating group) is 1. The number of rotatable bonds is 7. The zero-order chi connectivity index (χ0) is 14.5. The van der Waals surface area contributed by atoms with Crippen LogP contribution in [0, 0.1) is 0 Å². The Kier molecular flexibility index (Phi) is 5.00. The van der Waals surface area contributed by atoms with E-state index in [-0.39, 0.29) is 0 Å². The lowest BCUT2D eigenvalue weighted by Crippen LogP contribution is -2.31. The highest BCUT2D eigenvalue weighted by atomic mass is 16.5.